The highest BCUT2D eigenvalue weighted by molar-refractivity contribution is 7.17. The van der Waals surface area contributed by atoms with E-state index >= 15 is 0 Å². The van der Waals surface area contributed by atoms with Crippen molar-refractivity contribution in [3.05, 3.63) is 28.1 Å². The van der Waals surface area contributed by atoms with Gasteiger partial charge < -0.3 is 5.32 Å². The van der Waals surface area contributed by atoms with E-state index in [1.165, 1.54) is 11.3 Å². The second-order valence-corrected chi connectivity index (χ2v) is 6.32. The Morgan fingerprint density at radius 3 is 2.94 bits per heavy atom. The number of rotatable bonds is 4. The summed E-state index contributed by atoms with van der Waals surface area (Å²) >= 11 is 1.46. The van der Waals surface area contributed by atoms with Crippen molar-refractivity contribution in [1.82, 2.24) is 14.9 Å². The molecule has 2 aromatic heterocycles. The zero-order chi connectivity index (χ0) is 13.2. The van der Waals surface area contributed by atoms with Crippen molar-refractivity contribution in [1.29, 1.82) is 0 Å². The first kappa shape index (κ1) is 13.2. The van der Waals surface area contributed by atoms with Gasteiger partial charge in [0, 0.05) is 12.1 Å². The molecule has 0 aliphatic rings. The van der Waals surface area contributed by atoms with Gasteiger partial charge in [-0.2, -0.15) is 0 Å². The van der Waals surface area contributed by atoms with Crippen LogP contribution in [0.2, 0.25) is 0 Å². The van der Waals surface area contributed by atoms with Crippen molar-refractivity contribution in [2.45, 2.75) is 39.3 Å². The second kappa shape index (κ2) is 5.20. The van der Waals surface area contributed by atoms with E-state index in [1.807, 2.05) is 11.4 Å². The Morgan fingerprint density at radius 2 is 2.22 bits per heavy atom. The van der Waals surface area contributed by atoms with Gasteiger partial charge in [-0.1, -0.05) is 0 Å². The number of hydrogen-bond acceptors (Lipinski definition) is 4. The van der Waals surface area contributed by atoms with Crippen LogP contribution in [0.25, 0.3) is 10.2 Å². The summed E-state index contributed by atoms with van der Waals surface area (Å²) in [6, 6.07) is 1.88. The zero-order valence-electron chi connectivity index (χ0n) is 11.1. The number of nitrogens with zero attached hydrogens (tertiary/aromatic N) is 2. The zero-order valence-corrected chi connectivity index (χ0v) is 11.9. The van der Waals surface area contributed by atoms with E-state index in [9.17, 15) is 4.79 Å². The summed E-state index contributed by atoms with van der Waals surface area (Å²) in [5.41, 5.74) is 1.00. The van der Waals surface area contributed by atoms with Gasteiger partial charge in [0.25, 0.3) is 5.56 Å². The van der Waals surface area contributed by atoms with Gasteiger partial charge in [0.05, 0.1) is 11.8 Å². The van der Waals surface area contributed by atoms with Crippen LogP contribution >= 0.6 is 11.3 Å². The van der Waals surface area contributed by atoms with Crippen molar-refractivity contribution in [3.8, 4) is 0 Å². The van der Waals surface area contributed by atoms with Crippen molar-refractivity contribution in [2.75, 3.05) is 6.54 Å². The van der Waals surface area contributed by atoms with E-state index in [4.69, 9.17) is 0 Å². The summed E-state index contributed by atoms with van der Waals surface area (Å²) in [6.07, 6.45) is 2.57. The van der Waals surface area contributed by atoms with Gasteiger partial charge in [-0.05, 0) is 45.2 Å². The lowest BCUT2D eigenvalue weighted by atomic mass is 10.1. The molecule has 2 aromatic rings. The topological polar surface area (TPSA) is 46.9 Å². The number of nitrogens with one attached hydrogen (secondary N) is 1. The molecule has 0 fully saturated rings. The van der Waals surface area contributed by atoms with Crippen LogP contribution in [0.1, 0.15) is 27.2 Å². The molecule has 0 amide bonds. The molecule has 0 aromatic carbocycles. The molecule has 98 valence electrons. The van der Waals surface area contributed by atoms with Crippen LogP contribution in [0.4, 0.5) is 0 Å². The van der Waals surface area contributed by atoms with Gasteiger partial charge in [0.15, 0.2) is 0 Å². The normalized spacial score (nSPS) is 12.2. The smallest absolute Gasteiger partial charge is 0.271 e. The van der Waals surface area contributed by atoms with Crippen LogP contribution in [-0.2, 0) is 6.54 Å². The maximum absolute atomic E-state index is 12.1. The first-order chi connectivity index (χ1) is 8.47. The van der Waals surface area contributed by atoms with E-state index in [-0.39, 0.29) is 11.1 Å². The maximum atomic E-state index is 12.1. The van der Waals surface area contributed by atoms with Crippen LogP contribution in [-0.4, -0.2) is 21.6 Å². The molecule has 5 heteroatoms. The highest BCUT2D eigenvalue weighted by atomic mass is 32.1. The fourth-order valence-corrected chi connectivity index (χ4v) is 2.54. The third kappa shape index (κ3) is 3.17. The molecule has 0 radical (unpaired) electrons. The van der Waals surface area contributed by atoms with Crippen LogP contribution < -0.4 is 10.9 Å². The Kier molecular flexibility index (Phi) is 3.82. The van der Waals surface area contributed by atoms with Crippen LogP contribution in [0, 0.1) is 0 Å². The largest absolute Gasteiger partial charge is 0.312 e. The maximum Gasteiger partial charge on any atom is 0.271 e. The molecule has 0 aliphatic carbocycles. The molecule has 18 heavy (non-hydrogen) atoms. The number of aromatic nitrogens is 2. The molecule has 0 atom stereocenters. The van der Waals surface area contributed by atoms with E-state index < -0.39 is 0 Å². The highest BCUT2D eigenvalue weighted by Crippen LogP contribution is 2.13. The Labute approximate surface area is 111 Å². The average Bonchev–Trinajstić information content (AvgIpc) is 2.74. The van der Waals surface area contributed by atoms with Crippen LogP contribution in [0.15, 0.2) is 22.6 Å². The Bertz CT molecular complexity index is 580. The Balaban J connectivity index is 2.00. The first-order valence-electron chi connectivity index (χ1n) is 6.15. The lowest BCUT2D eigenvalue weighted by Gasteiger charge is -2.20. The van der Waals surface area contributed by atoms with Gasteiger partial charge in [-0.15, -0.1) is 11.3 Å². The molecule has 0 spiro atoms. The minimum Gasteiger partial charge on any atom is -0.312 e. The van der Waals surface area contributed by atoms with Crippen molar-refractivity contribution in [3.63, 3.8) is 0 Å². The molecular weight excluding hydrogens is 246 g/mol. The van der Waals surface area contributed by atoms with Crippen molar-refractivity contribution >= 4 is 21.6 Å². The third-order valence-electron chi connectivity index (χ3n) is 2.67. The van der Waals surface area contributed by atoms with Crippen LogP contribution in [0.3, 0.4) is 0 Å². The lowest BCUT2D eigenvalue weighted by molar-refractivity contribution is 0.412. The van der Waals surface area contributed by atoms with Crippen LogP contribution in [0.5, 0.6) is 0 Å². The van der Waals surface area contributed by atoms with Gasteiger partial charge in [0.2, 0.25) is 0 Å². The number of aryl methyl sites for hydroxylation is 1. The number of fused-ring (bicyclic) bond motifs is 1. The molecule has 0 saturated carbocycles. The summed E-state index contributed by atoms with van der Waals surface area (Å²) in [4.78, 5) is 16.4. The van der Waals surface area contributed by atoms with Crippen molar-refractivity contribution in [2.24, 2.45) is 0 Å². The monoisotopic (exact) mass is 265 g/mol. The summed E-state index contributed by atoms with van der Waals surface area (Å²) in [6.45, 7) is 8.02. The SMILES string of the molecule is CC(C)(C)NCCCn1cnc2ccsc2c1=O. The van der Waals surface area contributed by atoms with E-state index in [0.717, 1.165) is 23.2 Å². The predicted molar refractivity (Wildman–Crippen MR) is 76.3 cm³/mol. The third-order valence-corrected chi connectivity index (χ3v) is 3.56. The summed E-state index contributed by atoms with van der Waals surface area (Å²) in [5.74, 6) is 0. The predicted octanol–water partition coefficient (Wildman–Crippen LogP) is 2.24. The fraction of sp³-hybridized carbons (Fsp3) is 0.538. The summed E-state index contributed by atoms with van der Waals surface area (Å²) < 4.78 is 2.45. The van der Waals surface area contributed by atoms with Gasteiger partial charge in [-0.3, -0.25) is 9.36 Å². The molecule has 4 nitrogen and oxygen atoms in total. The molecule has 0 aliphatic heterocycles. The van der Waals surface area contributed by atoms with Gasteiger partial charge in [-0.25, -0.2) is 4.98 Å². The number of hydrogen-bond donors (Lipinski definition) is 1. The molecule has 2 rings (SSSR count). The molecule has 0 bridgehead atoms. The lowest BCUT2D eigenvalue weighted by Crippen LogP contribution is -2.37. The second-order valence-electron chi connectivity index (χ2n) is 5.41. The molecule has 1 N–H and O–H groups in total. The van der Waals surface area contributed by atoms with E-state index in [2.05, 4.69) is 31.1 Å². The van der Waals surface area contributed by atoms with Gasteiger partial charge >= 0.3 is 0 Å². The minimum absolute atomic E-state index is 0.0748. The summed E-state index contributed by atoms with van der Waals surface area (Å²) in [7, 11) is 0. The van der Waals surface area contributed by atoms with Gasteiger partial charge in [0.1, 0.15) is 4.70 Å². The van der Waals surface area contributed by atoms with Crippen molar-refractivity contribution < 1.29 is 0 Å². The Morgan fingerprint density at radius 1 is 1.44 bits per heavy atom. The molecule has 0 unspecified atom stereocenters. The van der Waals surface area contributed by atoms with E-state index in [0.29, 0.717) is 6.54 Å². The average molecular weight is 265 g/mol. The molecule has 0 saturated heterocycles. The molecule has 2 heterocycles. The highest BCUT2D eigenvalue weighted by Gasteiger charge is 2.08. The Hall–Kier alpha value is -1.20. The summed E-state index contributed by atoms with van der Waals surface area (Å²) in [5, 5.41) is 5.32. The molecular formula is C13H19N3OS. The quantitative estimate of drug-likeness (QED) is 0.862. The minimum atomic E-state index is 0.0748. The van der Waals surface area contributed by atoms with E-state index in [1.54, 1.807) is 10.9 Å². The standard InChI is InChI=1S/C13H19N3OS/c1-13(2,3)15-6-4-7-16-9-14-10-5-8-18-11(10)12(16)17/h5,8-9,15H,4,6-7H2,1-3H3. The first-order valence-corrected chi connectivity index (χ1v) is 7.03. The fourth-order valence-electron chi connectivity index (χ4n) is 1.75. The number of thiophene rings is 1.